The van der Waals surface area contributed by atoms with Crippen molar-refractivity contribution in [1.29, 1.82) is 0 Å². The third kappa shape index (κ3) is 3.86. The van der Waals surface area contributed by atoms with Crippen molar-refractivity contribution in [3.8, 4) is 0 Å². The van der Waals surface area contributed by atoms with Crippen LogP contribution in [0, 0.1) is 5.82 Å². The smallest absolute Gasteiger partial charge is 0.338 e. The maximum absolute atomic E-state index is 13.2. The fourth-order valence-corrected chi connectivity index (χ4v) is 1.16. The molecule has 1 N–H and O–H groups in total. The second-order valence-corrected chi connectivity index (χ2v) is 4.46. The molecule has 1 amide bonds. The van der Waals surface area contributed by atoms with Gasteiger partial charge in [0.25, 0.3) is 0 Å². The minimum Gasteiger partial charge on any atom is -0.456 e. The lowest BCUT2D eigenvalue weighted by Crippen LogP contribution is -2.24. The van der Waals surface area contributed by atoms with Gasteiger partial charge in [-0.15, -0.1) is 0 Å². The van der Waals surface area contributed by atoms with Crippen molar-refractivity contribution in [3.05, 3.63) is 29.6 Å². The Morgan fingerprint density at radius 2 is 2.06 bits per heavy atom. The summed E-state index contributed by atoms with van der Waals surface area (Å²) in [5.74, 6) is -1.17. The normalized spacial score (nSPS) is 10.8. The van der Waals surface area contributed by atoms with Crippen LogP contribution in [0.15, 0.2) is 18.2 Å². The predicted molar refractivity (Wildman–Crippen MR) is 61.3 cm³/mol. The summed E-state index contributed by atoms with van der Waals surface area (Å²) in [6.07, 6.45) is 0.345. The Kier molecular flexibility index (Phi) is 3.83. The first kappa shape index (κ1) is 13.2. The summed E-state index contributed by atoms with van der Waals surface area (Å²) in [7, 11) is 0. The predicted octanol–water partition coefficient (Wildman–Crippen LogP) is 2.35. The molecule has 0 unspecified atom stereocenters. The van der Waals surface area contributed by atoms with E-state index in [2.05, 4.69) is 5.32 Å². The van der Waals surface area contributed by atoms with Gasteiger partial charge in [-0.3, -0.25) is 4.79 Å². The lowest BCUT2D eigenvalue weighted by molar-refractivity contribution is -0.105. The highest BCUT2D eigenvalue weighted by Gasteiger charge is 2.18. The topological polar surface area (TPSA) is 55.4 Å². The molecule has 1 rings (SSSR count). The first-order valence-corrected chi connectivity index (χ1v) is 5.06. The molecule has 0 saturated carbocycles. The molecule has 4 nitrogen and oxygen atoms in total. The van der Waals surface area contributed by atoms with Crippen LogP contribution in [0.1, 0.15) is 31.1 Å². The molecule has 0 spiro atoms. The molecular formula is C12H14FNO3. The highest BCUT2D eigenvalue weighted by atomic mass is 19.1. The Bertz CT molecular complexity index is 438. The van der Waals surface area contributed by atoms with E-state index >= 15 is 0 Å². The van der Waals surface area contributed by atoms with Crippen LogP contribution in [0.3, 0.4) is 0 Å². The lowest BCUT2D eigenvalue weighted by Gasteiger charge is -2.19. The van der Waals surface area contributed by atoms with Crippen LogP contribution < -0.4 is 5.32 Å². The molecule has 0 saturated heterocycles. The number of anilines is 1. The zero-order valence-corrected chi connectivity index (χ0v) is 9.91. The zero-order valence-electron chi connectivity index (χ0n) is 9.91. The third-order valence-corrected chi connectivity index (χ3v) is 1.82. The summed E-state index contributed by atoms with van der Waals surface area (Å²) in [5, 5.41) is 2.17. The second kappa shape index (κ2) is 4.95. The van der Waals surface area contributed by atoms with Crippen molar-refractivity contribution in [3.63, 3.8) is 0 Å². The summed E-state index contributed by atoms with van der Waals surface area (Å²) in [5.41, 5.74) is -0.488. The fourth-order valence-electron chi connectivity index (χ4n) is 1.16. The van der Waals surface area contributed by atoms with Gasteiger partial charge in [0.1, 0.15) is 11.4 Å². The van der Waals surface area contributed by atoms with Gasteiger partial charge in [-0.1, -0.05) is 0 Å². The van der Waals surface area contributed by atoms with Crippen molar-refractivity contribution in [2.75, 3.05) is 5.32 Å². The first-order chi connectivity index (χ1) is 7.83. The number of ether oxygens (including phenoxy) is 1. The molecular weight excluding hydrogens is 225 g/mol. The Labute approximate surface area is 98.8 Å². The van der Waals surface area contributed by atoms with Crippen LogP contribution in [-0.2, 0) is 9.53 Å². The molecule has 0 aliphatic rings. The number of halogens is 1. The molecule has 0 heterocycles. The van der Waals surface area contributed by atoms with Crippen LogP contribution in [0.5, 0.6) is 0 Å². The Balaban J connectivity index is 2.95. The standard InChI is InChI=1S/C12H14FNO3/c1-12(2,3)17-11(16)8-4-5-9(13)10(6-8)14-7-15/h4-7H,1-3H3,(H,14,15). The van der Waals surface area contributed by atoms with E-state index in [1.807, 2.05) is 0 Å². The number of esters is 1. The monoisotopic (exact) mass is 239 g/mol. The van der Waals surface area contributed by atoms with Crippen molar-refractivity contribution >= 4 is 18.1 Å². The van der Waals surface area contributed by atoms with E-state index in [0.29, 0.717) is 6.41 Å². The number of amides is 1. The summed E-state index contributed by atoms with van der Waals surface area (Å²) in [4.78, 5) is 21.9. The average molecular weight is 239 g/mol. The number of carbonyl (C=O) groups is 2. The van der Waals surface area contributed by atoms with E-state index in [0.717, 1.165) is 6.07 Å². The van der Waals surface area contributed by atoms with Gasteiger partial charge in [-0.05, 0) is 39.0 Å². The highest BCUT2D eigenvalue weighted by Crippen LogP contribution is 2.18. The summed E-state index contributed by atoms with van der Waals surface area (Å²) in [6.45, 7) is 5.21. The molecule has 0 bridgehead atoms. The molecule has 17 heavy (non-hydrogen) atoms. The van der Waals surface area contributed by atoms with E-state index < -0.39 is 17.4 Å². The molecule has 0 aliphatic carbocycles. The first-order valence-electron chi connectivity index (χ1n) is 5.06. The molecule has 1 aromatic carbocycles. The van der Waals surface area contributed by atoms with E-state index in [9.17, 15) is 14.0 Å². The quantitative estimate of drug-likeness (QED) is 0.650. The van der Waals surface area contributed by atoms with Gasteiger partial charge in [0.15, 0.2) is 0 Å². The van der Waals surface area contributed by atoms with Crippen molar-refractivity contribution < 1.29 is 18.7 Å². The van der Waals surface area contributed by atoms with Gasteiger partial charge in [0, 0.05) is 0 Å². The Hall–Kier alpha value is -1.91. The van der Waals surface area contributed by atoms with Crippen molar-refractivity contribution in [2.45, 2.75) is 26.4 Å². The van der Waals surface area contributed by atoms with Gasteiger partial charge >= 0.3 is 5.97 Å². The molecule has 5 heteroatoms. The van der Waals surface area contributed by atoms with E-state index in [-0.39, 0.29) is 11.3 Å². The zero-order chi connectivity index (χ0) is 13.1. The van der Waals surface area contributed by atoms with E-state index in [4.69, 9.17) is 4.74 Å². The van der Waals surface area contributed by atoms with Gasteiger partial charge in [-0.25, -0.2) is 9.18 Å². The van der Waals surface area contributed by atoms with Crippen LogP contribution in [-0.4, -0.2) is 18.0 Å². The van der Waals surface area contributed by atoms with Crippen LogP contribution in [0.2, 0.25) is 0 Å². The maximum Gasteiger partial charge on any atom is 0.338 e. The largest absolute Gasteiger partial charge is 0.456 e. The number of carbonyl (C=O) groups excluding carboxylic acids is 2. The van der Waals surface area contributed by atoms with Gasteiger partial charge in [0.05, 0.1) is 11.3 Å². The molecule has 1 aromatic rings. The van der Waals surface area contributed by atoms with Gasteiger partial charge < -0.3 is 10.1 Å². The highest BCUT2D eigenvalue weighted by molar-refractivity contribution is 5.91. The van der Waals surface area contributed by atoms with Gasteiger partial charge in [0.2, 0.25) is 6.41 Å². The number of benzene rings is 1. The molecule has 0 aromatic heterocycles. The molecule has 0 fully saturated rings. The van der Waals surface area contributed by atoms with Gasteiger partial charge in [-0.2, -0.15) is 0 Å². The SMILES string of the molecule is CC(C)(C)OC(=O)c1ccc(F)c(NC=O)c1. The second-order valence-electron chi connectivity index (χ2n) is 4.46. The van der Waals surface area contributed by atoms with Crippen molar-refractivity contribution in [1.82, 2.24) is 0 Å². The van der Waals surface area contributed by atoms with Crippen LogP contribution >= 0.6 is 0 Å². The third-order valence-electron chi connectivity index (χ3n) is 1.82. The van der Waals surface area contributed by atoms with Crippen LogP contribution in [0.25, 0.3) is 0 Å². The average Bonchev–Trinajstić information content (AvgIpc) is 2.19. The Morgan fingerprint density at radius 3 is 2.59 bits per heavy atom. The van der Waals surface area contributed by atoms with E-state index in [1.54, 1.807) is 20.8 Å². The summed E-state index contributed by atoms with van der Waals surface area (Å²) < 4.78 is 18.3. The molecule has 0 radical (unpaired) electrons. The molecule has 92 valence electrons. The Morgan fingerprint density at radius 1 is 1.41 bits per heavy atom. The lowest BCUT2D eigenvalue weighted by atomic mass is 10.1. The minimum absolute atomic E-state index is 0.0524. The van der Waals surface area contributed by atoms with Crippen LogP contribution in [0.4, 0.5) is 10.1 Å². The number of hydrogen-bond acceptors (Lipinski definition) is 3. The molecule has 0 aliphatic heterocycles. The molecule has 0 atom stereocenters. The minimum atomic E-state index is -0.621. The van der Waals surface area contributed by atoms with E-state index in [1.165, 1.54) is 12.1 Å². The maximum atomic E-state index is 13.2. The number of nitrogens with one attached hydrogen (secondary N) is 1. The summed E-state index contributed by atoms with van der Waals surface area (Å²) in [6, 6.07) is 3.64. The number of rotatable bonds is 3. The summed E-state index contributed by atoms with van der Waals surface area (Å²) >= 11 is 0. The number of hydrogen-bond donors (Lipinski definition) is 1. The fraction of sp³-hybridized carbons (Fsp3) is 0.333. The van der Waals surface area contributed by atoms with Crippen molar-refractivity contribution in [2.24, 2.45) is 0 Å².